The summed E-state index contributed by atoms with van der Waals surface area (Å²) in [4.78, 5) is 18.5. The Morgan fingerprint density at radius 3 is 2.75 bits per heavy atom. The van der Waals surface area contributed by atoms with Gasteiger partial charge in [-0.25, -0.2) is 9.67 Å². The number of nitrogens with one attached hydrogen (secondary N) is 1. The molecule has 2 aromatic heterocycles. The van der Waals surface area contributed by atoms with Crippen LogP contribution < -0.4 is 5.56 Å². The van der Waals surface area contributed by atoms with Crippen molar-refractivity contribution in [2.45, 2.75) is 26.7 Å². The Morgan fingerprint density at radius 1 is 1.44 bits per heavy atom. The molecule has 0 saturated carbocycles. The zero-order valence-corrected chi connectivity index (χ0v) is 9.56. The second-order valence-corrected chi connectivity index (χ2v) is 4.05. The minimum atomic E-state index is -0.151. The van der Waals surface area contributed by atoms with E-state index in [4.69, 9.17) is 0 Å². The van der Waals surface area contributed by atoms with Gasteiger partial charge >= 0.3 is 0 Å². The average Bonchev–Trinajstić information content (AvgIpc) is 2.64. The van der Waals surface area contributed by atoms with Crippen molar-refractivity contribution in [3.8, 4) is 5.82 Å². The summed E-state index contributed by atoms with van der Waals surface area (Å²) in [6.45, 7) is 5.86. The van der Waals surface area contributed by atoms with Crippen LogP contribution in [0.5, 0.6) is 0 Å². The summed E-state index contributed by atoms with van der Waals surface area (Å²) in [5.74, 6) is 1.42. The fourth-order valence-electron chi connectivity index (χ4n) is 1.40. The molecule has 0 aromatic carbocycles. The molecule has 0 aliphatic rings. The van der Waals surface area contributed by atoms with Gasteiger partial charge in [-0.3, -0.25) is 4.79 Å². The minimum absolute atomic E-state index is 0.151. The predicted molar refractivity (Wildman–Crippen MR) is 60.8 cm³/mol. The van der Waals surface area contributed by atoms with Crippen LogP contribution in [0.15, 0.2) is 23.1 Å². The molecule has 0 atom stereocenters. The summed E-state index contributed by atoms with van der Waals surface area (Å²) in [5.41, 5.74) is 0.745. The molecule has 0 amide bonds. The van der Waals surface area contributed by atoms with Gasteiger partial charge < -0.3 is 4.98 Å². The van der Waals surface area contributed by atoms with Crippen molar-refractivity contribution in [1.29, 1.82) is 0 Å². The van der Waals surface area contributed by atoms with Gasteiger partial charge in [0.25, 0.3) is 5.56 Å². The Labute approximate surface area is 93.2 Å². The normalized spacial score (nSPS) is 11.0. The lowest BCUT2D eigenvalue weighted by atomic mass is 10.2. The highest BCUT2D eigenvalue weighted by atomic mass is 16.1. The lowest BCUT2D eigenvalue weighted by Crippen LogP contribution is -2.15. The van der Waals surface area contributed by atoms with Crippen molar-refractivity contribution in [2.24, 2.45) is 0 Å². The fourth-order valence-corrected chi connectivity index (χ4v) is 1.40. The number of nitrogens with zero attached hydrogens (tertiary/aromatic N) is 3. The Bertz CT molecular complexity index is 553. The highest BCUT2D eigenvalue weighted by molar-refractivity contribution is 5.21. The Hall–Kier alpha value is -1.91. The molecule has 2 aromatic rings. The van der Waals surface area contributed by atoms with Crippen molar-refractivity contribution in [1.82, 2.24) is 19.7 Å². The highest BCUT2D eigenvalue weighted by Crippen LogP contribution is 2.08. The second-order valence-electron chi connectivity index (χ2n) is 4.05. The molecule has 5 nitrogen and oxygen atoms in total. The first-order valence-corrected chi connectivity index (χ1v) is 5.20. The van der Waals surface area contributed by atoms with Crippen molar-refractivity contribution >= 4 is 0 Å². The molecule has 84 valence electrons. The van der Waals surface area contributed by atoms with E-state index in [0.717, 1.165) is 5.69 Å². The third-order valence-electron chi connectivity index (χ3n) is 2.25. The number of aromatic nitrogens is 4. The predicted octanol–water partition coefficient (Wildman–Crippen LogP) is 1.39. The zero-order chi connectivity index (χ0) is 11.7. The maximum Gasteiger partial charge on any atom is 0.253 e. The SMILES string of the molecule is Cc1ccn(-c2cc(=O)[nH]c(C(C)C)n2)n1. The van der Waals surface area contributed by atoms with Crippen LogP contribution in [-0.4, -0.2) is 19.7 Å². The summed E-state index contributed by atoms with van der Waals surface area (Å²) in [6, 6.07) is 3.32. The molecule has 0 aliphatic carbocycles. The molecule has 0 spiro atoms. The lowest BCUT2D eigenvalue weighted by molar-refractivity contribution is 0.735. The van der Waals surface area contributed by atoms with Gasteiger partial charge in [-0.05, 0) is 13.0 Å². The molecule has 16 heavy (non-hydrogen) atoms. The molecule has 2 heterocycles. The number of H-pyrrole nitrogens is 1. The maximum absolute atomic E-state index is 11.5. The first-order valence-electron chi connectivity index (χ1n) is 5.20. The molecule has 1 N–H and O–H groups in total. The third kappa shape index (κ3) is 2.03. The van der Waals surface area contributed by atoms with E-state index in [0.29, 0.717) is 11.6 Å². The maximum atomic E-state index is 11.5. The van der Waals surface area contributed by atoms with Gasteiger partial charge in [0.05, 0.1) is 5.69 Å². The summed E-state index contributed by atoms with van der Waals surface area (Å²) < 4.78 is 1.61. The van der Waals surface area contributed by atoms with E-state index in [1.165, 1.54) is 6.07 Å². The summed E-state index contributed by atoms with van der Waals surface area (Å²) in [5, 5.41) is 4.22. The average molecular weight is 218 g/mol. The molecule has 0 aliphatic heterocycles. The van der Waals surface area contributed by atoms with Crippen LogP contribution in [0.1, 0.15) is 31.3 Å². The van der Waals surface area contributed by atoms with Gasteiger partial charge in [-0.1, -0.05) is 13.8 Å². The van der Waals surface area contributed by atoms with Gasteiger partial charge in [0.1, 0.15) is 5.82 Å². The molecular formula is C11H14N4O. The number of hydrogen-bond acceptors (Lipinski definition) is 3. The number of aromatic amines is 1. The van der Waals surface area contributed by atoms with E-state index >= 15 is 0 Å². The van der Waals surface area contributed by atoms with Crippen LogP contribution in [-0.2, 0) is 0 Å². The molecule has 5 heteroatoms. The zero-order valence-electron chi connectivity index (χ0n) is 9.56. The monoisotopic (exact) mass is 218 g/mol. The topological polar surface area (TPSA) is 63.6 Å². The molecular weight excluding hydrogens is 204 g/mol. The van der Waals surface area contributed by atoms with E-state index in [1.807, 2.05) is 26.8 Å². The molecule has 2 rings (SSSR count). The van der Waals surface area contributed by atoms with Crippen LogP contribution in [0.4, 0.5) is 0 Å². The van der Waals surface area contributed by atoms with E-state index in [9.17, 15) is 4.79 Å². The quantitative estimate of drug-likeness (QED) is 0.828. The smallest absolute Gasteiger partial charge is 0.253 e. The standard InChI is InChI=1S/C11H14N4O/c1-7(2)11-12-9(6-10(16)13-11)15-5-4-8(3)14-15/h4-7H,1-3H3,(H,12,13,16). The third-order valence-corrected chi connectivity index (χ3v) is 2.25. The summed E-state index contributed by atoms with van der Waals surface area (Å²) in [7, 11) is 0. The van der Waals surface area contributed by atoms with Gasteiger partial charge in [-0.15, -0.1) is 0 Å². The van der Waals surface area contributed by atoms with Crippen molar-refractivity contribution in [3.63, 3.8) is 0 Å². The Morgan fingerprint density at radius 2 is 2.19 bits per heavy atom. The van der Waals surface area contributed by atoms with Gasteiger partial charge in [0, 0.05) is 18.2 Å². The van der Waals surface area contributed by atoms with Crippen LogP contribution in [0.2, 0.25) is 0 Å². The first-order chi connectivity index (χ1) is 7.56. The van der Waals surface area contributed by atoms with E-state index < -0.39 is 0 Å². The minimum Gasteiger partial charge on any atom is -0.310 e. The van der Waals surface area contributed by atoms with Crippen LogP contribution in [0, 0.1) is 6.92 Å². The lowest BCUT2D eigenvalue weighted by Gasteiger charge is -2.06. The Balaban J connectivity index is 2.53. The summed E-state index contributed by atoms with van der Waals surface area (Å²) >= 11 is 0. The van der Waals surface area contributed by atoms with Crippen molar-refractivity contribution in [2.75, 3.05) is 0 Å². The summed E-state index contributed by atoms with van der Waals surface area (Å²) in [6.07, 6.45) is 1.79. The first kappa shape index (κ1) is 10.6. The number of aryl methyl sites for hydroxylation is 1. The van der Waals surface area contributed by atoms with E-state index in [2.05, 4.69) is 15.1 Å². The second kappa shape index (κ2) is 3.92. The van der Waals surface area contributed by atoms with E-state index in [-0.39, 0.29) is 11.5 Å². The van der Waals surface area contributed by atoms with Crippen molar-refractivity contribution in [3.05, 3.63) is 40.2 Å². The largest absolute Gasteiger partial charge is 0.310 e. The molecule has 0 fully saturated rings. The van der Waals surface area contributed by atoms with Gasteiger partial charge in [0.15, 0.2) is 5.82 Å². The number of hydrogen-bond donors (Lipinski definition) is 1. The van der Waals surface area contributed by atoms with Crippen LogP contribution in [0.25, 0.3) is 5.82 Å². The van der Waals surface area contributed by atoms with Gasteiger partial charge in [0.2, 0.25) is 0 Å². The highest BCUT2D eigenvalue weighted by Gasteiger charge is 2.07. The van der Waals surface area contributed by atoms with Crippen LogP contribution in [0.3, 0.4) is 0 Å². The van der Waals surface area contributed by atoms with Gasteiger partial charge in [-0.2, -0.15) is 5.10 Å². The molecule has 0 bridgehead atoms. The van der Waals surface area contributed by atoms with Crippen molar-refractivity contribution < 1.29 is 0 Å². The van der Waals surface area contributed by atoms with Crippen LogP contribution >= 0.6 is 0 Å². The molecule has 0 radical (unpaired) electrons. The molecule has 0 unspecified atom stereocenters. The number of rotatable bonds is 2. The van der Waals surface area contributed by atoms with E-state index in [1.54, 1.807) is 10.9 Å². The Kier molecular flexibility index (Phi) is 2.60. The fraction of sp³-hybridized carbons (Fsp3) is 0.364. The molecule has 0 saturated heterocycles.